The molecule has 1 amide bonds. The molecule has 7 heteroatoms. The van der Waals surface area contributed by atoms with E-state index in [4.69, 9.17) is 14.2 Å². The first kappa shape index (κ1) is 16.0. The molecule has 2 aromatic carbocycles. The van der Waals surface area contributed by atoms with Crippen LogP contribution in [0.25, 0.3) is 6.08 Å². The van der Waals surface area contributed by atoms with Gasteiger partial charge in [0.05, 0.1) is 7.11 Å². The van der Waals surface area contributed by atoms with E-state index in [-0.39, 0.29) is 12.7 Å². The lowest BCUT2D eigenvalue weighted by Gasteiger charge is -2.18. The number of hydrogen-bond acceptors (Lipinski definition) is 6. The van der Waals surface area contributed by atoms with Crippen molar-refractivity contribution >= 4 is 23.6 Å². The Morgan fingerprint density at radius 3 is 2.69 bits per heavy atom. The molecular formula is C19H17N3O4. The maximum absolute atomic E-state index is 12.3. The number of methoxy groups -OCH3 is 1. The molecule has 0 bridgehead atoms. The fourth-order valence-corrected chi connectivity index (χ4v) is 2.70. The van der Waals surface area contributed by atoms with Crippen molar-refractivity contribution < 1.29 is 19.0 Å². The van der Waals surface area contributed by atoms with Gasteiger partial charge in [-0.15, -0.1) is 0 Å². The van der Waals surface area contributed by atoms with Gasteiger partial charge >= 0.3 is 0 Å². The van der Waals surface area contributed by atoms with Crippen LogP contribution in [-0.4, -0.2) is 32.8 Å². The summed E-state index contributed by atoms with van der Waals surface area (Å²) in [7, 11) is 3.46. The second-order valence-corrected chi connectivity index (χ2v) is 5.79. The van der Waals surface area contributed by atoms with Crippen molar-refractivity contribution in [1.29, 1.82) is 0 Å². The van der Waals surface area contributed by atoms with E-state index in [2.05, 4.69) is 10.3 Å². The van der Waals surface area contributed by atoms with E-state index in [0.29, 0.717) is 23.2 Å². The number of guanidine groups is 1. The molecule has 4 rings (SSSR count). The summed E-state index contributed by atoms with van der Waals surface area (Å²) in [6.07, 6.45) is 1.71. The number of benzene rings is 2. The summed E-state index contributed by atoms with van der Waals surface area (Å²) in [4.78, 5) is 18.5. The molecule has 0 aromatic heterocycles. The van der Waals surface area contributed by atoms with Gasteiger partial charge in [-0.2, -0.15) is 0 Å². The molecule has 0 atom stereocenters. The fraction of sp³-hybridized carbons (Fsp3) is 0.158. The van der Waals surface area contributed by atoms with Gasteiger partial charge in [0.1, 0.15) is 11.4 Å². The Morgan fingerprint density at radius 1 is 1.15 bits per heavy atom. The normalized spacial score (nSPS) is 16.5. The molecule has 1 N–H and O–H groups in total. The molecule has 2 aliphatic rings. The molecule has 2 heterocycles. The molecule has 2 aromatic rings. The molecular weight excluding hydrogens is 334 g/mol. The fourth-order valence-electron chi connectivity index (χ4n) is 2.70. The van der Waals surface area contributed by atoms with E-state index in [1.807, 2.05) is 49.5 Å². The minimum atomic E-state index is -0.252. The first-order valence-electron chi connectivity index (χ1n) is 8.03. The number of amides is 1. The summed E-state index contributed by atoms with van der Waals surface area (Å²) < 4.78 is 15.8. The molecule has 26 heavy (non-hydrogen) atoms. The highest BCUT2D eigenvalue weighted by Gasteiger charge is 2.24. The number of nitrogens with one attached hydrogen (secondary N) is 1. The highest BCUT2D eigenvalue weighted by atomic mass is 16.7. The van der Waals surface area contributed by atoms with E-state index in [9.17, 15) is 4.79 Å². The first-order valence-corrected chi connectivity index (χ1v) is 8.03. The second-order valence-electron chi connectivity index (χ2n) is 5.79. The summed E-state index contributed by atoms with van der Waals surface area (Å²) in [5.41, 5.74) is 2.03. The van der Waals surface area contributed by atoms with E-state index < -0.39 is 0 Å². The van der Waals surface area contributed by atoms with Gasteiger partial charge in [-0.05, 0) is 48.0 Å². The zero-order valence-corrected chi connectivity index (χ0v) is 14.4. The Kier molecular flexibility index (Phi) is 3.96. The van der Waals surface area contributed by atoms with Crippen molar-refractivity contribution in [1.82, 2.24) is 5.32 Å². The number of rotatable bonds is 3. The van der Waals surface area contributed by atoms with Gasteiger partial charge in [-0.3, -0.25) is 10.1 Å². The molecule has 7 nitrogen and oxygen atoms in total. The number of carbonyl (C=O) groups excluding carboxylic acids is 1. The van der Waals surface area contributed by atoms with E-state index in [1.54, 1.807) is 18.1 Å². The molecule has 0 radical (unpaired) electrons. The maximum atomic E-state index is 12.3. The number of anilines is 1. The number of nitrogens with zero attached hydrogens (tertiary/aromatic N) is 2. The quantitative estimate of drug-likeness (QED) is 0.860. The van der Waals surface area contributed by atoms with Crippen molar-refractivity contribution in [2.75, 3.05) is 25.9 Å². The highest BCUT2D eigenvalue weighted by Crippen LogP contribution is 2.33. The molecule has 0 saturated carbocycles. The van der Waals surface area contributed by atoms with Gasteiger partial charge in [-0.25, -0.2) is 4.99 Å². The average Bonchev–Trinajstić information content (AvgIpc) is 3.28. The lowest BCUT2D eigenvalue weighted by atomic mass is 10.1. The monoisotopic (exact) mass is 351 g/mol. The Bertz CT molecular complexity index is 919. The van der Waals surface area contributed by atoms with Crippen molar-refractivity contribution in [2.24, 2.45) is 4.99 Å². The van der Waals surface area contributed by atoms with Crippen LogP contribution in [0.3, 0.4) is 0 Å². The third kappa shape index (κ3) is 2.95. The number of aliphatic imine (C=N–C) groups is 1. The molecule has 0 saturated heterocycles. The Labute approximate surface area is 150 Å². The second kappa shape index (κ2) is 6.44. The topological polar surface area (TPSA) is 72.4 Å². The van der Waals surface area contributed by atoms with E-state index in [0.717, 1.165) is 17.0 Å². The minimum absolute atomic E-state index is 0.213. The summed E-state index contributed by atoms with van der Waals surface area (Å²) >= 11 is 0. The van der Waals surface area contributed by atoms with Crippen LogP contribution in [0.5, 0.6) is 17.2 Å². The molecule has 0 aliphatic carbocycles. The highest BCUT2D eigenvalue weighted by molar-refractivity contribution is 6.18. The summed E-state index contributed by atoms with van der Waals surface area (Å²) in [5.74, 6) is 2.34. The Balaban J connectivity index is 1.58. The number of hydrogen-bond donors (Lipinski definition) is 1. The molecule has 132 valence electrons. The van der Waals surface area contributed by atoms with Crippen LogP contribution >= 0.6 is 0 Å². The number of fused-ring (bicyclic) bond motifs is 1. The Hall–Kier alpha value is -3.48. The third-order valence-corrected chi connectivity index (χ3v) is 4.16. The van der Waals surface area contributed by atoms with Gasteiger partial charge in [0.25, 0.3) is 5.91 Å². The first-order chi connectivity index (χ1) is 12.6. The van der Waals surface area contributed by atoms with Crippen LogP contribution in [0.1, 0.15) is 5.56 Å². The van der Waals surface area contributed by atoms with E-state index in [1.165, 1.54) is 0 Å². The summed E-state index contributed by atoms with van der Waals surface area (Å²) in [6, 6.07) is 13.0. The Morgan fingerprint density at radius 2 is 1.92 bits per heavy atom. The van der Waals surface area contributed by atoms with Gasteiger partial charge in [0.2, 0.25) is 12.8 Å². The van der Waals surface area contributed by atoms with Gasteiger partial charge in [0, 0.05) is 12.7 Å². The van der Waals surface area contributed by atoms with Crippen molar-refractivity contribution in [3.05, 3.63) is 53.7 Å². The predicted octanol–water partition coefficient (Wildman–Crippen LogP) is 2.39. The average molecular weight is 351 g/mol. The van der Waals surface area contributed by atoms with Crippen LogP contribution in [-0.2, 0) is 4.79 Å². The number of carbonyl (C=O) groups is 1. The van der Waals surface area contributed by atoms with Crippen LogP contribution in [0.2, 0.25) is 0 Å². The van der Waals surface area contributed by atoms with Crippen molar-refractivity contribution in [2.45, 2.75) is 0 Å². The standard InChI is InChI=1S/C19H17N3O4/c1-22(13-4-6-14(24-2)7-5-13)19-20-15(18(23)21-19)9-12-3-8-16-17(10-12)26-11-25-16/h3-10H,11H2,1-2H3,(H,20,21,23). The lowest BCUT2D eigenvalue weighted by molar-refractivity contribution is -0.115. The van der Waals surface area contributed by atoms with Gasteiger partial charge in [0.15, 0.2) is 11.5 Å². The summed E-state index contributed by atoms with van der Waals surface area (Å²) in [5, 5.41) is 2.78. The van der Waals surface area contributed by atoms with Crippen LogP contribution in [0, 0.1) is 0 Å². The molecule has 0 spiro atoms. The van der Waals surface area contributed by atoms with Crippen LogP contribution in [0.15, 0.2) is 53.2 Å². The molecule has 0 fully saturated rings. The minimum Gasteiger partial charge on any atom is -0.497 e. The molecule has 2 aliphatic heterocycles. The zero-order chi connectivity index (χ0) is 18.1. The molecule has 0 unspecified atom stereocenters. The lowest BCUT2D eigenvalue weighted by Crippen LogP contribution is -2.37. The smallest absolute Gasteiger partial charge is 0.276 e. The third-order valence-electron chi connectivity index (χ3n) is 4.16. The van der Waals surface area contributed by atoms with E-state index >= 15 is 0 Å². The predicted molar refractivity (Wildman–Crippen MR) is 97.5 cm³/mol. The van der Waals surface area contributed by atoms with Crippen LogP contribution < -0.4 is 24.4 Å². The maximum Gasteiger partial charge on any atom is 0.276 e. The number of ether oxygens (including phenoxy) is 3. The van der Waals surface area contributed by atoms with Crippen LogP contribution in [0.4, 0.5) is 5.69 Å². The van der Waals surface area contributed by atoms with Gasteiger partial charge < -0.3 is 19.1 Å². The van der Waals surface area contributed by atoms with Crippen molar-refractivity contribution in [3.8, 4) is 17.2 Å². The largest absolute Gasteiger partial charge is 0.497 e. The van der Waals surface area contributed by atoms with Gasteiger partial charge in [-0.1, -0.05) is 6.07 Å². The summed E-state index contributed by atoms with van der Waals surface area (Å²) in [6.45, 7) is 0.213. The SMILES string of the molecule is COc1ccc(N(C)C2=NC(=Cc3ccc4c(c3)OCO4)C(=O)N2)cc1. The zero-order valence-electron chi connectivity index (χ0n) is 14.4. The van der Waals surface area contributed by atoms with Crippen molar-refractivity contribution in [3.63, 3.8) is 0 Å².